The van der Waals surface area contributed by atoms with E-state index < -0.39 is 11.6 Å². The van der Waals surface area contributed by atoms with Crippen molar-refractivity contribution in [3.63, 3.8) is 0 Å². The minimum absolute atomic E-state index is 0.0535. The molecule has 0 atom stereocenters. The van der Waals surface area contributed by atoms with Crippen LogP contribution in [0.15, 0.2) is 42.5 Å². The SMILES string of the molecule is CN(C)c1cccc(NCc2c(F)cccc2F)c1. The van der Waals surface area contributed by atoms with Crippen molar-refractivity contribution in [1.82, 2.24) is 0 Å². The van der Waals surface area contributed by atoms with Crippen LogP contribution in [0.2, 0.25) is 0 Å². The molecule has 0 radical (unpaired) electrons. The van der Waals surface area contributed by atoms with Gasteiger partial charge in [-0.3, -0.25) is 0 Å². The van der Waals surface area contributed by atoms with E-state index in [1.54, 1.807) is 0 Å². The number of anilines is 2. The number of benzene rings is 2. The summed E-state index contributed by atoms with van der Waals surface area (Å²) in [6.07, 6.45) is 0. The molecule has 0 saturated carbocycles. The van der Waals surface area contributed by atoms with Gasteiger partial charge in [0.2, 0.25) is 0 Å². The summed E-state index contributed by atoms with van der Waals surface area (Å²) in [5.41, 5.74) is 1.91. The van der Waals surface area contributed by atoms with E-state index in [2.05, 4.69) is 5.32 Å². The summed E-state index contributed by atoms with van der Waals surface area (Å²) in [4.78, 5) is 1.97. The van der Waals surface area contributed by atoms with Crippen molar-refractivity contribution in [1.29, 1.82) is 0 Å². The van der Waals surface area contributed by atoms with E-state index in [4.69, 9.17) is 0 Å². The number of hydrogen-bond donors (Lipinski definition) is 1. The van der Waals surface area contributed by atoms with Crippen molar-refractivity contribution in [3.05, 3.63) is 59.7 Å². The van der Waals surface area contributed by atoms with E-state index in [-0.39, 0.29) is 12.1 Å². The summed E-state index contributed by atoms with van der Waals surface area (Å²) in [6.45, 7) is 0.120. The minimum Gasteiger partial charge on any atom is -0.381 e. The van der Waals surface area contributed by atoms with Gasteiger partial charge in [0.05, 0.1) is 0 Å². The molecule has 1 N–H and O–H groups in total. The molecule has 0 amide bonds. The second kappa shape index (κ2) is 5.69. The van der Waals surface area contributed by atoms with Crippen LogP contribution in [0.5, 0.6) is 0 Å². The first-order chi connectivity index (χ1) is 9.08. The summed E-state index contributed by atoms with van der Waals surface area (Å²) >= 11 is 0. The number of rotatable bonds is 4. The first-order valence-corrected chi connectivity index (χ1v) is 6.02. The summed E-state index contributed by atoms with van der Waals surface area (Å²) in [6, 6.07) is 11.5. The lowest BCUT2D eigenvalue weighted by molar-refractivity contribution is 0.560. The molecular formula is C15H16F2N2. The lowest BCUT2D eigenvalue weighted by atomic mass is 10.2. The zero-order chi connectivity index (χ0) is 13.8. The van der Waals surface area contributed by atoms with E-state index in [0.717, 1.165) is 11.4 Å². The second-order valence-corrected chi connectivity index (χ2v) is 4.50. The molecule has 2 rings (SSSR count). The Morgan fingerprint density at radius 3 is 2.26 bits per heavy atom. The van der Waals surface area contributed by atoms with E-state index in [1.807, 2.05) is 43.3 Å². The minimum atomic E-state index is -0.531. The van der Waals surface area contributed by atoms with Crippen LogP contribution in [0.4, 0.5) is 20.2 Å². The normalized spacial score (nSPS) is 10.3. The van der Waals surface area contributed by atoms with Gasteiger partial charge in [0, 0.05) is 37.6 Å². The number of hydrogen-bond acceptors (Lipinski definition) is 2. The van der Waals surface area contributed by atoms with Gasteiger partial charge in [-0.05, 0) is 30.3 Å². The predicted octanol–water partition coefficient (Wildman–Crippen LogP) is 3.64. The molecule has 2 nitrogen and oxygen atoms in total. The van der Waals surface area contributed by atoms with Crippen LogP contribution < -0.4 is 10.2 Å². The fourth-order valence-electron chi connectivity index (χ4n) is 1.79. The highest BCUT2D eigenvalue weighted by Crippen LogP contribution is 2.19. The highest BCUT2D eigenvalue weighted by atomic mass is 19.1. The topological polar surface area (TPSA) is 15.3 Å². The van der Waals surface area contributed by atoms with Crippen LogP contribution in [0.1, 0.15) is 5.56 Å². The van der Waals surface area contributed by atoms with Crippen molar-refractivity contribution in [3.8, 4) is 0 Å². The van der Waals surface area contributed by atoms with Crippen molar-refractivity contribution in [2.24, 2.45) is 0 Å². The summed E-state index contributed by atoms with van der Waals surface area (Å²) in [5, 5.41) is 3.03. The molecule has 0 fully saturated rings. The zero-order valence-corrected chi connectivity index (χ0v) is 11.0. The molecule has 0 spiro atoms. The monoisotopic (exact) mass is 262 g/mol. The van der Waals surface area contributed by atoms with Crippen LogP contribution in [0, 0.1) is 11.6 Å². The molecule has 0 aromatic heterocycles. The second-order valence-electron chi connectivity index (χ2n) is 4.50. The fourth-order valence-corrected chi connectivity index (χ4v) is 1.79. The molecular weight excluding hydrogens is 246 g/mol. The molecule has 0 aliphatic heterocycles. The summed E-state index contributed by atoms with van der Waals surface area (Å²) in [7, 11) is 3.88. The number of nitrogens with one attached hydrogen (secondary N) is 1. The van der Waals surface area contributed by atoms with Crippen LogP contribution in [0.25, 0.3) is 0 Å². The standard InChI is InChI=1S/C15H16F2N2/c1-19(2)12-6-3-5-11(9-12)18-10-13-14(16)7-4-8-15(13)17/h3-9,18H,10H2,1-2H3. The van der Waals surface area contributed by atoms with Gasteiger partial charge in [0.1, 0.15) is 11.6 Å². The Balaban J connectivity index is 2.12. The average molecular weight is 262 g/mol. The third-order valence-corrected chi connectivity index (χ3v) is 2.89. The molecule has 0 saturated heterocycles. The van der Waals surface area contributed by atoms with Crippen LogP contribution in [-0.4, -0.2) is 14.1 Å². The maximum absolute atomic E-state index is 13.5. The molecule has 4 heteroatoms. The Hall–Kier alpha value is -2.10. The molecule has 0 bridgehead atoms. The van der Waals surface area contributed by atoms with Gasteiger partial charge in [-0.1, -0.05) is 12.1 Å². The van der Waals surface area contributed by atoms with Crippen molar-refractivity contribution < 1.29 is 8.78 Å². The van der Waals surface area contributed by atoms with Gasteiger partial charge in [-0.25, -0.2) is 8.78 Å². The Morgan fingerprint density at radius 2 is 1.63 bits per heavy atom. The quantitative estimate of drug-likeness (QED) is 0.905. The first kappa shape index (κ1) is 13.3. The lowest BCUT2D eigenvalue weighted by Gasteiger charge is -2.14. The van der Waals surface area contributed by atoms with Crippen LogP contribution in [-0.2, 0) is 6.54 Å². The summed E-state index contributed by atoms with van der Waals surface area (Å²) in [5.74, 6) is -1.06. The largest absolute Gasteiger partial charge is 0.381 e. The molecule has 19 heavy (non-hydrogen) atoms. The molecule has 0 aliphatic rings. The Bertz CT molecular complexity index is 548. The van der Waals surface area contributed by atoms with E-state index >= 15 is 0 Å². The average Bonchev–Trinajstić information content (AvgIpc) is 2.38. The van der Waals surface area contributed by atoms with Crippen molar-refractivity contribution >= 4 is 11.4 Å². The maximum atomic E-state index is 13.5. The third-order valence-electron chi connectivity index (χ3n) is 2.89. The number of halogens is 2. The van der Waals surface area contributed by atoms with Crippen LogP contribution in [0.3, 0.4) is 0 Å². The van der Waals surface area contributed by atoms with Crippen LogP contribution >= 0.6 is 0 Å². The van der Waals surface area contributed by atoms with Gasteiger partial charge in [-0.2, -0.15) is 0 Å². The van der Waals surface area contributed by atoms with Gasteiger partial charge in [0.15, 0.2) is 0 Å². The highest BCUT2D eigenvalue weighted by molar-refractivity contribution is 5.57. The molecule has 2 aromatic carbocycles. The van der Waals surface area contributed by atoms with E-state index in [9.17, 15) is 8.78 Å². The zero-order valence-electron chi connectivity index (χ0n) is 11.0. The smallest absolute Gasteiger partial charge is 0.131 e. The first-order valence-electron chi connectivity index (χ1n) is 6.02. The van der Waals surface area contributed by atoms with Gasteiger partial charge < -0.3 is 10.2 Å². The van der Waals surface area contributed by atoms with Gasteiger partial charge >= 0.3 is 0 Å². The molecule has 0 aliphatic carbocycles. The fraction of sp³-hybridized carbons (Fsp3) is 0.200. The van der Waals surface area contributed by atoms with Gasteiger partial charge in [0.25, 0.3) is 0 Å². The number of nitrogens with zero attached hydrogens (tertiary/aromatic N) is 1. The predicted molar refractivity (Wildman–Crippen MR) is 74.5 cm³/mol. The Labute approximate surface area is 111 Å². The highest BCUT2D eigenvalue weighted by Gasteiger charge is 2.07. The van der Waals surface area contributed by atoms with E-state index in [0.29, 0.717) is 0 Å². The summed E-state index contributed by atoms with van der Waals surface area (Å²) < 4.78 is 26.9. The Morgan fingerprint density at radius 1 is 1.00 bits per heavy atom. The molecule has 100 valence electrons. The Kier molecular flexibility index (Phi) is 4.00. The molecule has 2 aromatic rings. The lowest BCUT2D eigenvalue weighted by Crippen LogP contribution is -2.09. The van der Waals surface area contributed by atoms with Crippen molar-refractivity contribution in [2.45, 2.75) is 6.54 Å². The molecule has 0 unspecified atom stereocenters. The molecule has 0 heterocycles. The maximum Gasteiger partial charge on any atom is 0.131 e. The van der Waals surface area contributed by atoms with Gasteiger partial charge in [-0.15, -0.1) is 0 Å². The third kappa shape index (κ3) is 3.22. The van der Waals surface area contributed by atoms with Crippen molar-refractivity contribution in [2.75, 3.05) is 24.3 Å². The van der Waals surface area contributed by atoms with E-state index in [1.165, 1.54) is 18.2 Å².